The largest absolute Gasteiger partial charge is 0.352 e. The molecule has 0 aromatic carbocycles. The first-order chi connectivity index (χ1) is 8.44. The van der Waals surface area contributed by atoms with Gasteiger partial charge < -0.3 is 5.32 Å². The highest BCUT2D eigenvalue weighted by molar-refractivity contribution is 7.88. The molecule has 0 heterocycles. The predicted octanol–water partition coefficient (Wildman–Crippen LogP) is 0.621. The molecule has 0 aromatic rings. The van der Waals surface area contributed by atoms with Crippen LogP contribution in [0.1, 0.15) is 38.5 Å². The smallest absolute Gasteiger partial charge is 0.235 e. The third-order valence-electron chi connectivity index (χ3n) is 3.86. The lowest BCUT2D eigenvalue weighted by Gasteiger charge is -2.29. The maximum Gasteiger partial charge on any atom is 0.235 e. The SMILES string of the molecule is CS(=O)(=O)NCC(=O)N[C@@H]1CCC[C@@H](C2CC2)C1. The summed E-state index contributed by atoms with van der Waals surface area (Å²) in [5.41, 5.74) is 0. The van der Waals surface area contributed by atoms with Gasteiger partial charge in [0.25, 0.3) is 0 Å². The first-order valence-corrected chi connectivity index (χ1v) is 8.57. The third kappa shape index (κ3) is 4.57. The standard InChI is InChI=1S/C12H22N2O3S/c1-18(16,17)13-8-12(15)14-11-4-2-3-10(7-11)9-5-6-9/h9-11,13H,2-8H2,1H3,(H,14,15)/t10-,11-/m1/s1. The van der Waals surface area contributed by atoms with Gasteiger partial charge in [-0.2, -0.15) is 0 Å². The average Bonchev–Trinajstić information content (AvgIpc) is 3.10. The second-order valence-electron chi connectivity index (χ2n) is 5.62. The van der Waals surface area contributed by atoms with Crippen LogP contribution >= 0.6 is 0 Å². The van der Waals surface area contributed by atoms with Crippen molar-refractivity contribution in [2.75, 3.05) is 12.8 Å². The lowest BCUT2D eigenvalue weighted by atomic mass is 9.83. The summed E-state index contributed by atoms with van der Waals surface area (Å²) in [7, 11) is -3.29. The molecule has 0 aliphatic heterocycles. The van der Waals surface area contributed by atoms with Crippen LogP contribution in [0.15, 0.2) is 0 Å². The molecule has 0 radical (unpaired) electrons. The van der Waals surface area contributed by atoms with Gasteiger partial charge in [-0.15, -0.1) is 0 Å². The number of nitrogens with one attached hydrogen (secondary N) is 2. The van der Waals surface area contributed by atoms with Gasteiger partial charge >= 0.3 is 0 Å². The van der Waals surface area contributed by atoms with Crippen LogP contribution in [0.3, 0.4) is 0 Å². The quantitative estimate of drug-likeness (QED) is 0.772. The zero-order chi connectivity index (χ0) is 13.2. The van der Waals surface area contributed by atoms with Gasteiger partial charge in [-0.05, 0) is 37.5 Å². The van der Waals surface area contributed by atoms with Crippen molar-refractivity contribution in [2.24, 2.45) is 11.8 Å². The van der Waals surface area contributed by atoms with Gasteiger partial charge in [-0.3, -0.25) is 4.79 Å². The molecule has 6 heteroatoms. The topological polar surface area (TPSA) is 75.3 Å². The van der Waals surface area contributed by atoms with Crippen LogP contribution in [-0.4, -0.2) is 33.2 Å². The lowest BCUT2D eigenvalue weighted by molar-refractivity contribution is -0.121. The van der Waals surface area contributed by atoms with Gasteiger partial charge in [-0.1, -0.05) is 12.8 Å². The minimum Gasteiger partial charge on any atom is -0.352 e. The zero-order valence-corrected chi connectivity index (χ0v) is 11.6. The van der Waals surface area contributed by atoms with Crippen LogP contribution in [0.25, 0.3) is 0 Å². The number of amides is 1. The molecule has 0 aromatic heterocycles. The van der Waals surface area contributed by atoms with Crippen LogP contribution < -0.4 is 10.0 Å². The molecular formula is C12H22N2O3S. The van der Waals surface area contributed by atoms with Crippen molar-refractivity contribution in [2.45, 2.75) is 44.6 Å². The Labute approximate surface area is 109 Å². The first-order valence-electron chi connectivity index (χ1n) is 6.68. The van der Waals surface area contributed by atoms with E-state index in [0.29, 0.717) is 0 Å². The van der Waals surface area contributed by atoms with Crippen molar-refractivity contribution >= 4 is 15.9 Å². The zero-order valence-electron chi connectivity index (χ0n) is 10.8. The Hall–Kier alpha value is -0.620. The Morgan fingerprint density at radius 1 is 1.17 bits per heavy atom. The minimum atomic E-state index is -3.29. The van der Waals surface area contributed by atoms with Crippen molar-refractivity contribution in [3.05, 3.63) is 0 Å². The second kappa shape index (κ2) is 5.57. The van der Waals surface area contributed by atoms with Crippen LogP contribution in [0.5, 0.6) is 0 Å². The Bertz CT molecular complexity index is 404. The molecule has 2 fully saturated rings. The highest BCUT2D eigenvalue weighted by atomic mass is 32.2. The third-order valence-corrected chi connectivity index (χ3v) is 4.53. The van der Waals surface area contributed by atoms with Gasteiger partial charge in [0.2, 0.25) is 15.9 Å². The summed E-state index contributed by atoms with van der Waals surface area (Å²) in [4.78, 5) is 11.6. The highest BCUT2D eigenvalue weighted by Gasteiger charge is 2.34. The maximum absolute atomic E-state index is 11.6. The van der Waals surface area contributed by atoms with Crippen LogP contribution in [0, 0.1) is 11.8 Å². The molecular weight excluding hydrogens is 252 g/mol. The molecule has 104 valence electrons. The number of sulfonamides is 1. The monoisotopic (exact) mass is 274 g/mol. The Morgan fingerprint density at radius 2 is 1.89 bits per heavy atom. The van der Waals surface area contributed by atoms with Gasteiger partial charge in [0, 0.05) is 6.04 Å². The van der Waals surface area contributed by atoms with E-state index >= 15 is 0 Å². The van der Waals surface area contributed by atoms with Crippen molar-refractivity contribution in [1.82, 2.24) is 10.0 Å². The van der Waals surface area contributed by atoms with E-state index in [1.54, 1.807) is 0 Å². The first kappa shape index (κ1) is 13.8. The van der Waals surface area contributed by atoms with Gasteiger partial charge in [0.15, 0.2) is 0 Å². The fourth-order valence-corrected chi connectivity index (χ4v) is 3.22. The van der Waals surface area contributed by atoms with Crippen molar-refractivity contribution in [1.29, 1.82) is 0 Å². The number of carbonyl (C=O) groups excluding carboxylic acids is 1. The molecule has 5 nitrogen and oxygen atoms in total. The molecule has 0 bridgehead atoms. The van der Waals surface area contributed by atoms with Crippen LogP contribution in [0.2, 0.25) is 0 Å². The van der Waals surface area contributed by atoms with Crippen molar-refractivity contribution in [3.8, 4) is 0 Å². The number of hydrogen-bond donors (Lipinski definition) is 2. The lowest BCUT2D eigenvalue weighted by Crippen LogP contribution is -2.43. The predicted molar refractivity (Wildman–Crippen MR) is 69.5 cm³/mol. The van der Waals surface area contributed by atoms with E-state index in [9.17, 15) is 13.2 Å². The molecule has 18 heavy (non-hydrogen) atoms. The highest BCUT2D eigenvalue weighted by Crippen LogP contribution is 2.43. The molecule has 2 aliphatic carbocycles. The fourth-order valence-electron chi connectivity index (χ4n) is 2.83. The van der Waals surface area contributed by atoms with Crippen molar-refractivity contribution in [3.63, 3.8) is 0 Å². The Kier molecular flexibility index (Phi) is 4.27. The Balaban J connectivity index is 1.72. The van der Waals surface area contributed by atoms with E-state index in [1.807, 2.05) is 0 Å². The summed E-state index contributed by atoms with van der Waals surface area (Å²) in [5.74, 6) is 1.44. The molecule has 0 saturated heterocycles. The molecule has 2 N–H and O–H groups in total. The Morgan fingerprint density at radius 3 is 2.50 bits per heavy atom. The number of rotatable bonds is 5. The van der Waals surface area contributed by atoms with Crippen molar-refractivity contribution < 1.29 is 13.2 Å². The number of hydrogen-bond acceptors (Lipinski definition) is 3. The van der Waals surface area contributed by atoms with E-state index in [4.69, 9.17) is 0 Å². The van der Waals surface area contributed by atoms with Gasteiger partial charge in [-0.25, -0.2) is 13.1 Å². The molecule has 0 spiro atoms. The summed E-state index contributed by atoms with van der Waals surface area (Å²) >= 11 is 0. The van der Waals surface area contributed by atoms with Gasteiger partial charge in [0.1, 0.15) is 0 Å². The summed E-state index contributed by atoms with van der Waals surface area (Å²) in [5, 5.41) is 2.94. The van der Waals surface area contributed by atoms with E-state index in [2.05, 4.69) is 10.0 Å². The van der Waals surface area contributed by atoms with Gasteiger partial charge in [0.05, 0.1) is 12.8 Å². The normalized spacial score (nSPS) is 28.9. The molecule has 2 rings (SSSR count). The van der Waals surface area contributed by atoms with E-state index in [1.165, 1.54) is 25.7 Å². The molecule has 1 amide bonds. The summed E-state index contributed by atoms with van der Waals surface area (Å²) in [6.07, 6.45) is 8.30. The maximum atomic E-state index is 11.6. The van der Waals surface area contributed by atoms with Crippen LogP contribution in [0.4, 0.5) is 0 Å². The molecule has 2 aliphatic rings. The van der Waals surface area contributed by atoms with E-state index < -0.39 is 10.0 Å². The average molecular weight is 274 g/mol. The second-order valence-corrected chi connectivity index (χ2v) is 7.45. The fraction of sp³-hybridized carbons (Fsp3) is 0.917. The minimum absolute atomic E-state index is 0.149. The molecule has 0 unspecified atom stereocenters. The van der Waals surface area contributed by atoms with E-state index in [0.717, 1.165) is 30.9 Å². The molecule has 2 saturated carbocycles. The van der Waals surface area contributed by atoms with Crippen LogP contribution in [-0.2, 0) is 14.8 Å². The molecule has 2 atom stereocenters. The van der Waals surface area contributed by atoms with E-state index in [-0.39, 0.29) is 18.5 Å². The summed E-state index contributed by atoms with van der Waals surface area (Å²) in [6, 6.07) is 0.234. The number of carbonyl (C=O) groups is 1. The summed E-state index contributed by atoms with van der Waals surface area (Å²) < 4.78 is 24.0. The summed E-state index contributed by atoms with van der Waals surface area (Å²) in [6.45, 7) is -0.149.